The molecule has 2 N–H and O–H groups in total. The lowest BCUT2D eigenvalue weighted by molar-refractivity contribution is 0.0969. The fourth-order valence-electron chi connectivity index (χ4n) is 3.42. The van der Waals surface area contributed by atoms with Crippen LogP contribution in [0.25, 0.3) is 22.2 Å². The fourth-order valence-corrected chi connectivity index (χ4v) is 3.42. The first-order valence-electron chi connectivity index (χ1n) is 8.76. The van der Waals surface area contributed by atoms with E-state index < -0.39 is 0 Å². The molecule has 3 heterocycles. The molecule has 5 heteroatoms. The van der Waals surface area contributed by atoms with Crippen molar-refractivity contribution in [2.24, 2.45) is 5.92 Å². The molecular formula is C20H19N3O2. The Balaban J connectivity index is 1.57. The number of aromatic amines is 1. The van der Waals surface area contributed by atoms with Crippen molar-refractivity contribution in [1.29, 1.82) is 0 Å². The Morgan fingerprint density at radius 2 is 2.12 bits per heavy atom. The maximum Gasteiger partial charge on any atom is 0.168 e. The highest BCUT2D eigenvalue weighted by atomic mass is 16.5. The van der Waals surface area contributed by atoms with Crippen LogP contribution in [0, 0.1) is 5.92 Å². The number of ketones is 1. The first-order valence-corrected chi connectivity index (χ1v) is 8.76. The predicted molar refractivity (Wildman–Crippen MR) is 96.7 cm³/mol. The van der Waals surface area contributed by atoms with Crippen molar-refractivity contribution in [3.8, 4) is 11.1 Å². The summed E-state index contributed by atoms with van der Waals surface area (Å²) in [5, 5.41) is 4.33. The van der Waals surface area contributed by atoms with Crippen LogP contribution in [0.2, 0.25) is 0 Å². The number of fused-ring (bicyclic) bond motifs is 2. The minimum Gasteiger partial charge on any atom is -0.382 e. The number of ether oxygens (including phenoxy) is 1. The number of nitrogens with one attached hydrogen (secondary N) is 2. The van der Waals surface area contributed by atoms with Crippen molar-refractivity contribution >= 4 is 22.5 Å². The van der Waals surface area contributed by atoms with E-state index in [1.54, 1.807) is 6.20 Å². The van der Waals surface area contributed by atoms with Crippen molar-refractivity contribution in [2.75, 3.05) is 18.5 Å². The summed E-state index contributed by atoms with van der Waals surface area (Å²) in [5.74, 6) is 0.449. The summed E-state index contributed by atoms with van der Waals surface area (Å²) in [6, 6.07) is 8.40. The van der Waals surface area contributed by atoms with Crippen LogP contribution in [0.15, 0.2) is 36.7 Å². The maximum atomic E-state index is 12.5. The van der Waals surface area contributed by atoms with E-state index in [0.717, 1.165) is 52.8 Å². The highest BCUT2D eigenvalue weighted by Gasteiger charge is 2.32. The number of anilines is 1. The van der Waals surface area contributed by atoms with E-state index in [-0.39, 0.29) is 11.7 Å². The quantitative estimate of drug-likeness (QED) is 0.716. The summed E-state index contributed by atoms with van der Waals surface area (Å²) >= 11 is 0. The van der Waals surface area contributed by atoms with Gasteiger partial charge in [-0.05, 0) is 30.5 Å². The van der Waals surface area contributed by atoms with Crippen LogP contribution in [0.5, 0.6) is 0 Å². The number of hydrogen-bond donors (Lipinski definition) is 2. The molecule has 5 nitrogen and oxygen atoms in total. The third-order valence-electron chi connectivity index (χ3n) is 5.01. The topological polar surface area (TPSA) is 67.0 Å². The van der Waals surface area contributed by atoms with Gasteiger partial charge in [-0.1, -0.05) is 12.1 Å². The lowest BCUT2D eigenvalue weighted by Crippen LogP contribution is -2.04. The highest BCUT2D eigenvalue weighted by molar-refractivity contribution is 6.09. The molecule has 2 aromatic heterocycles. The van der Waals surface area contributed by atoms with Gasteiger partial charge in [-0.15, -0.1) is 0 Å². The van der Waals surface area contributed by atoms with Crippen LogP contribution in [-0.4, -0.2) is 28.9 Å². The van der Waals surface area contributed by atoms with E-state index in [4.69, 9.17) is 4.74 Å². The molecule has 0 bridgehead atoms. The van der Waals surface area contributed by atoms with E-state index in [1.807, 2.05) is 6.20 Å². The van der Waals surface area contributed by atoms with Gasteiger partial charge in [0, 0.05) is 52.6 Å². The second-order valence-corrected chi connectivity index (χ2v) is 6.81. The second kappa shape index (κ2) is 5.70. The van der Waals surface area contributed by atoms with Crippen molar-refractivity contribution in [3.63, 3.8) is 0 Å². The van der Waals surface area contributed by atoms with Crippen LogP contribution >= 0.6 is 0 Å². The molecule has 1 fully saturated rings. The number of nitrogens with zero attached hydrogens (tertiary/aromatic N) is 1. The van der Waals surface area contributed by atoms with Gasteiger partial charge in [-0.25, -0.2) is 4.98 Å². The Bertz CT molecular complexity index is 972. The standard InChI is InChI=1S/C20H19N3O2/c24-19(12-1-2-12)17-10-23-20-16(17)7-15(9-22-20)13-3-4-14-11-25-6-5-21-18(14)8-13/h3-4,7-10,12,21H,1-2,5-6,11H2,(H,22,23). The van der Waals surface area contributed by atoms with Gasteiger partial charge in [0.15, 0.2) is 5.78 Å². The summed E-state index contributed by atoms with van der Waals surface area (Å²) in [4.78, 5) is 20.1. The average molecular weight is 333 g/mol. The zero-order chi connectivity index (χ0) is 16.8. The Morgan fingerprint density at radius 1 is 1.20 bits per heavy atom. The Kier molecular flexibility index (Phi) is 3.35. The summed E-state index contributed by atoms with van der Waals surface area (Å²) in [7, 11) is 0. The molecule has 1 aromatic carbocycles. The average Bonchev–Trinajstić information content (AvgIpc) is 3.43. The smallest absolute Gasteiger partial charge is 0.168 e. The Hall–Kier alpha value is -2.66. The summed E-state index contributed by atoms with van der Waals surface area (Å²) < 4.78 is 5.57. The molecular weight excluding hydrogens is 314 g/mol. The lowest BCUT2D eigenvalue weighted by atomic mass is 10.0. The molecule has 1 aliphatic carbocycles. The first kappa shape index (κ1) is 14.7. The SMILES string of the molecule is O=C(c1c[nH]c2ncc(-c3ccc4c(c3)NCCOC4)cc12)C1CC1. The number of Topliss-reactive ketones (excluding diaryl/α,β-unsaturated/α-hetero) is 1. The van der Waals surface area contributed by atoms with Crippen LogP contribution in [0.4, 0.5) is 5.69 Å². The van der Waals surface area contributed by atoms with Gasteiger partial charge in [-0.2, -0.15) is 0 Å². The largest absolute Gasteiger partial charge is 0.382 e. The molecule has 126 valence electrons. The van der Waals surface area contributed by atoms with Gasteiger partial charge < -0.3 is 15.0 Å². The second-order valence-electron chi connectivity index (χ2n) is 6.81. The molecule has 0 amide bonds. The van der Waals surface area contributed by atoms with Gasteiger partial charge in [0.25, 0.3) is 0 Å². The van der Waals surface area contributed by atoms with E-state index in [1.165, 1.54) is 5.56 Å². The predicted octanol–water partition coefficient (Wildman–Crippen LogP) is 3.76. The monoisotopic (exact) mass is 333 g/mol. The number of carbonyl (C=O) groups excluding carboxylic acids is 1. The van der Waals surface area contributed by atoms with E-state index in [2.05, 4.69) is 39.6 Å². The van der Waals surface area contributed by atoms with Crippen LogP contribution in [-0.2, 0) is 11.3 Å². The van der Waals surface area contributed by atoms with E-state index in [9.17, 15) is 4.79 Å². The van der Waals surface area contributed by atoms with Gasteiger partial charge >= 0.3 is 0 Å². The van der Waals surface area contributed by atoms with Gasteiger partial charge in [0.2, 0.25) is 0 Å². The molecule has 0 unspecified atom stereocenters. The molecule has 0 radical (unpaired) electrons. The van der Waals surface area contributed by atoms with Crippen molar-refractivity contribution in [2.45, 2.75) is 19.4 Å². The molecule has 0 saturated heterocycles. The number of hydrogen-bond acceptors (Lipinski definition) is 4. The van der Waals surface area contributed by atoms with Gasteiger partial charge in [-0.3, -0.25) is 4.79 Å². The number of aromatic nitrogens is 2. The summed E-state index contributed by atoms with van der Waals surface area (Å²) in [5.41, 5.74) is 5.93. The third kappa shape index (κ3) is 2.61. The highest BCUT2D eigenvalue weighted by Crippen LogP contribution is 2.35. The normalized spacial score (nSPS) is 17.0. The molecule has 1 aliphatic heterocycles. The number of carbonyl (C=O) groups is 1. The summed E-state index contributed by atoms with van der Waals surface area (Å²) in [6.45, 7) is 2.16. The van der Waals surface area contributed by atoms with Gasteiger partial charge in [0.1, 0.15) is 5.65 Å². The number of benzene rings is 1. The zero-order valence-corrected chi connectivity index (χ0v) is 13.8. The molecule has 5 rings (SSSR count). The molecule has 25 heavy (non-hydrogen) atoms. The summed E-state index contributed by atoms with van der Waals surface area (Å²) in [6.07, 6.45) is 5.69. The number of H-pyrrole nitrogens is 1. The minimum atomic E-state index is 0.208. The van der Waals surface area contributed by atoms with Crippen molar-refractivity contribution in [3.05, 3.63) is 47.8 Å². The number of rotatable bonds is 3. The maximum absolute atomic E-state index is 12.5. The number of pyridine rings is 1. The molecule has 2 aliphatic rings. The lowest BCUT2D eigenvalue weighted by Gasteiger charge is -2.10. The molecule has 0 atom stereocenters. The molecule has 3 aromatic rings. The Labute approximate surface area is 145 Å². The Morgan fingerprint density at radius 3 is 3.00 bits per heavy atom. The first-order chi connectivity index (χ1) is 12.3. The molecule has 1 saturated carbocycles. The minimum absolute atomic E-state index is 0.208. The van der Waals surface area contributed by atoms with E-state index >= 15 is 0 Å². The van der Waals surface area contributed by atoms with Gasteiger partial charge in [0.05, 0.1) is 13.2 Å². The molecule has 0 spiro atoms. The van der Waals surface area contributed by atoms with Crippen molar-refractivity contribution < 1.29 is 9.53 Å². The van der Waals surface area contributed by atoms with E-state index in [0.29, 0.717) is 13.2 Å². The van der Waals surface area contributed by atoms with Crippen LogP contribution in [0.1, 0.15) is 28.8 Å². The third-order valence-corrected chi connectivity index (χ3v) is 5.01. The van der Waals surface area contributed by atoms with Crippen molar-refractivity contribution in [1.82, 2.24) is 9.97 Å². The fraction of sp³-hybridized carbons (Fsp3) is 0.300. The van der Waals surface area contributed by atoms with Crippen LogP contribution in [0.3, 0.4) is 0 Å². The van der Waals surface area contributed by atoms with Crippen LogP contribution < -0.4 is 5.32 Å². The zero-order valence-electron chi connectivity index (χ0n) is 13.8.